The molecule has 0 saturated heterocycles. The molecule has 0 radical (unpaired) electrons. The van der Waals surface area contributed by atoms with Crippen LogP contribution in [0.2, 0.25) is 0 Å². The highest BCUT2D eigenvalue weighted by Crippen LogP contribution is 2.18. The zero-order chi connectivity index (χ0) is 18.9. The number of ether oxygens (including phenoxy) is 1. The molecule has 4 nitrogen and oxygen atoms in total. The van der Waals surface area contributed by atoms with Crippen LogP contribution in [0.1, 0.15) is 11.3 Å². The standard InChI is InChI=1S/C21H19FN2O2S/c22-17-7-9-20(10-8-17)27-15-21(25)24-13-16-4-3-6-19(12-16)26-14-18-5-1-2-11-23-18/h1-12H,13-15H2,(H,24,25). The van der Waals surface area contributed by atoms with Gasteiger partial charge >= 0.3 is 0 Å². The van der Waals surface area contributed by atoms with Gasteiger partial charge in [-0.1, -0.05) is 18.2 Å². The zero-order valence-electron chi connectivity index (χ0n) is 14.6. The second-order valence-corrected chi connectivity index (χ2v) is 6.83. The Bertz CT molecular complexity index is 873. The summed E-state index contributed by atoms with van der Waals surface area (Å²) in [6.45, 7) is 0.814. The summed E-state index contributed by atoms with van der Waals surface area (Å²) >= 11 is 1.37. The SMILES string of the molecule is O=C(CSc1ccc(F)cc1)NCc1cccc(OCc2ccccn2)c1. The van der Waals surface area contributed by atoms with Crippen LogP contribution in [0, 0.1) is 5.82 Å². The predicted octanol–water partition coefficient (Wildman–Crippen LogP) is 4.21. The van der Waals surface area contributed by atoms with E-state index < -0.39 is 0 Å². The molecule has 1 amide bonds. The van der Waals surface area contributed by atoms with Gasteiger partial charge in [0.05, 0.1) is 11.4 Å². The normalized spacial score (nSPS) is 10.4. The highest BCUT2D eigenvalue weighted by Gasteiger charge is 2.04. The molecule has 0 aliphatic rings. The zero-order valence-corrected chi connectivity index (χ0v) is 15.4. The van der Waals surface area contributed by atoms with E-state index in [2.05, 4.69) is 10.3 Å². The van der Waals surface area contributed by atoms with Gasteiger partial charge in [-0.3, -0.25) is 9.78 Å². The molecule has 0 aliphatic carbocycles. The number of hydrogen-bond acceptors (Lipinski definition) is 4. The highest BCUT2D eigenvalue weighted by atomic mass is 32.2. The van der Waals surface area contributed by atoms with Gasteiger partial charge in [-0.2, -0.15) is 0 Å². The smallest absolute Gasteiger partial charge is 0.230 e. The van der Waals surface area contributed by atoms with Crippen LogP contribution < -0.4 is 10.1 Å². The number of benzene rings is 2. The summed E-state index contributed by atoms with van der Waals surface area (Å²) < 4.78 is 18.6. The summed E-state index contributed by atoms with van der Waals surface area (Å²) in [5, 5.41) is 2.88. The van der Waals surface area contributed by atoms with Crippen LogP contribution in [-0.2, 0) is 17.9 Å². The van der Waals surface area contributed by atoms with Crippen molar-refractivity contribution in [3.63, 3.8) is 0 Å². The van der Waals surface area contributed by atoms with Crippen molar-refractivity contribution in [2.75, 3.05) is 5.75 Å². The molecule has 3 rings (SSSR count). The van der Waals surface area contributed by atoms with Crippen LogP contribution in [0.4, 0.5) is 4.39 Å². The van der Waals surface area contributed by atoms with E-state index in [0.717, 1.165) is 21.9 Å². The first kappa shape index (κ1) is 18.9. The molecule has 27 heavy (non-hydrogen) atoms. The second kappa shape index (κ2) is 9.73. The topological polar surface area (TPSA) is 51.2 Å². The minimum absolute atomic E-state index is 0.0795. The molecular formula is C21H19FN2O2S. The fourth-order valence-electron chi connectivity index (χ4n) is 2.32. The second-order valence-electron chi connectivity index (χ2n) is 5.78. The van der Waals surface area contributed by atoms with Crippen LogP contribution >= 0.6 is 11.8 Å². The number of carbonyl (C=O) groups excluding carboxylic acids is 1. The fraction of sp³-hybridized carbons (Fsp3) is 0.143. The van der Waals surface area contributed by atoms with E-state index in [0.29, 0.717) is 13.2 Å². The van der Waals surface area contributed by atoms with E-state index >= 15 is 0 Å². The van der Waals surface area contributed by atoms with Crippen molar-refractivity contribution in [3.05, 3.63) is 90.0 Å². The van der Waals surface area contributed by atoms with E-state index in [1.165, 1.54) is 23.9 Å². The Kier molecular flexibility index (Phi) is 6.82. The third-order valence-corrected chi connectivity index (χ3v) is 4.70. The van der Waals surface area contributed by atoms with Gasteiger partial charge in [0.1, 0.15) is 18.2 Å². The predicted molar refractivity (Wildman–Crippen MR) is 104 cm³/mol. The van der Waals surface area contributed by atoms with Crippen molar-refractivity contribution in [2.24, 2.45) is 0 Å². The maximum absolute atomic E-state index is 12.9. The van der Waals surface area contributed by atoms with Crippen LogP contribution in [0.5, 0.6) is 5.75 Å². The summed E-state index contributed by atoms with van der Waals surface area (Å²) in [6.07, 6.45) is 1.73. The molecule has 2 aromatic carbocycles. The summed E-state index contributed by atoms with van der Waals surface area (Å²) in [5.74, 6) is 0.646. The molecule has 6 heteroatoms. The van der Waals surface area contributed by atoms with Crippen molar-refractivity contribution >= 4 is 17.7 Å². The van der Waals surface area contributed by atoms with Crippen LogP contribution in [0.3, 0.4) is 0 Å². The fourth-order valence-corrected chi connectivity index (χ4v) is 3.05. The summed E-state index contributed by atoms with van der Waals surface area (Å²) in [6, 6.07) is 19.4. The Morgan fingerprint density at radius 3 is 2.70 bits per heavy atom. The lowest BCUT2D eigenvalue weighted by molar-refractivity contribution is -0.118. The molecule has 138 valence electrons. The number of amides is 1. The van der Waals surface area contributed by atoms with Crippen LogP contribution in [-0.4, -0.2) is 16.6 Å². The monoisotopic (exact) mass is 382 g/mol. The highest BCUT2D eigenvalue weighted by molar-refractivity contribution is 8.00. The first-order valence-corrected chi connectivity index (χ1v) is 9.44. The van der Waals surface area contributed by atoms with Gasteiger partial charge in [0.2, 0.25) is 5.91 Å². The van der Waals surface area contributed by atoms with Gasteiger partial charge in [-0.05, 0) is 54.1 Å². The third kappa shape index (κ3) is 6.42. The molecule has 1 aromatic heterocycles. The lowest BCUT2D eigenvalue weighted by Gasteiger charge is -2.09. The number of aromatic nitrogens is 1. The summed E-state index contributed by atoms with van der Waals surface area (Å²) in [7, 11) is 0. The molecule has 0 fully saturated rings. The van der Waals surface area contributed by atoms with Gasteiger partial charge in [-0.15, -0.1) is 11.8 Å². The quantitative estimate of drug-likeness (QED) is 0.593. The number of carbonyl (C=O) groups is 1. The molecular weight excluding hydrogens is 363 g/mol. The van der Waals surface area contributed by atoms with Crippen molar-refractivity contribution in [2.45, 2.75) is 18.0 Å². The van der Waals surface area contributed by atoms with Crippen LogP contribution in [0.25, 0.3) is 0 Å². The van der Waals surface area contributed by atoms with E-state index in [1.807, 2.05) is 42.5 Å². The van der Waals surface area contributed by atoms with Gasteiger partial charge in [0.25, 0.3) is 0 Å². The molecule has 1 N–H and O–H groups in total. The van der Waals surface area contributed by atoms with Gasteiger partial charge < -0.3 is 10.1 Å². The number of nitrogens with one attached hydrogen (secondary N) is 1. The van der Waals surface area contributed by atoms with Crippen molar-refractivity contribution < 1.29 is 13.9 Å². The van der Waals surface area contributed by atoms with E-state index in [1.54, 1.807) is 18.3 Å². The number of nitrogens with zero attached hydrogens (tertiary/aromatic N) is 1. The average molecular weight is 382 g/mol. The first-order valence-electron chi connectivity index (χ1n) is 8.46. The van der Waals surface area contributed by atoms with E-state index in [4.69, 9.17) is 4.74 Å². The average Bonchev–Trinajstić information content (AvgIpc) is 2.71. The van der Waals surface area contributed by atoms with Gasteiger partial charge in [0, 0.05) is 17.6 Å². The molecule has 0 unspecified atom stereocenters. The summed E-state index contributed by atoms with van der Waals surface area (Å²) in [5.41, 5.74) is 1.81. The number of hydrogen-bond donors (Lipinski definition) is 1. The van der Waals surface area contributed by atoms with Gasteiger partial charge in [0.15, 0.2) is 0 Å². The Morgan fingerprint density at radius 2 is 1.93 bits per heavy atom. The number of halogens is 1. The Hall–Kier alpha value is -2.86. The Labute approximate surface area is 161 Å². The Balaban J connectivity index is 1.44. The molecule has 0 bridgehead atoms. The van der Waals surface area contributed by atoms with Gasteiger partial charge in [-0.25, -0.2) is 4.39 Å². The summed E-state index contributed by atoms with van der Waals surface area (Å²) in [4.78, 5) is 17.1. The molecule has 3 aromatic rings. The Morgan fingerprint density at radius 1 is 1.07 bits per heavy atom. The molecule has 0 atom stereocenters. The molecule has 0 aliphatic heterocycles. The maximum atomic E-state index is 12.9. The largest absolute Gasteiger partial charge is 0.487 e. The molecule has 0 saturated carbocycles. The molecule has 0 spiro atoms. The minimum Gasteiger partial charge on any atom is -0.487 e. The van der Waals surface area contributed by atoms with Crippen molar-refractivity contribution in [3.8, 4) is 5.75 Å². The number of rotatable bonds is 8. The third-order valence-electron chi connectivity index (χ3n) is 3.68. The van der Waals surface area contributed by atoms with Crippen molar-refractivity contribution in [1.82, 2.24) is 10.3 Å². The van der Waals surface area contributed by atoms with E-state index in [-0.39, 0.29) is 17.5 Å². The first-order chi connectivity index (χ1) is 13.2. The number of thioether (sulfide) groups is 1. The van der Waals surface area contributed by atoms with E-state index in [9.17, 15) is 9.18 Å². The van der Waals surface area contributed by atoms with Crippen LogP contribution in [0.15, 0.2) is 77.8 Å². The maximum Gasteiger partial charge on any atom is 0.230 e. The number of pyridine rings is 1. The van der Waals surface area contributed by atoms with Crippen molar-refractivity contribution in [1.29, 1.82) is 0 Å². The lowest BCUT2D eigenvalue weighted by Crippen LogP contribution is -2.24. The lowest BCUT2D eigenvalue weighted by atomic mass is 10.2. The molecule has 1 heterocycles. The minimum atomic E-state index is -0.283.